The fourth-order valence-corrected chi connectivity index (χ4v) is 2.15. The lowest BCUT2D eigenvalue weighted by atomic mass is 10.1. The molecule has 0 fully saturated rings. The normalized spacial score (nSPS) is 10.6. The van der Waals surface area contributed by atoms with Gasteiger partial charge in [-0.25, -0.2) is 4.79 Å². The summed E-state index contributed by atoms with van der Waals surface area (Å²) < 4.78 is 6.70. The molecule has 0 spiro atoms. The molecule has 0 aliphatic rings. The van der Waals surface area contributed by atoms with Gasteiger partial charge in [-0.2, -0.15) is 0 Å². The topological polar surface area (TPSA) is 48.3 Å². The summed E-state index contributed by atoms with van der Waals surface area (Å²) >= 11 is 0. The van der Waals surface area contributed by atoms with Crippen molar-refractivity contribution < 1.29 is 14.3 Å². The van der Waals surface area contributed by atoms with Crippen molar-refractivity contribution in [3.05, 3.63) is 35.0 Å². The van der Waals surface area contributed by atoms with E-state index in [1.54, 1.807) is 18.5 Å². The van der Waals surface area contributed by atoms with Gasteiger partial charge in [0.25, 0.3) is 0 Å². The van der Waals surface area contributed by atoms with Crippen LogP contribution in [-0.4, -0.2) is 23.4 Å². The second kappa shape index (κ2) is 4.64. The summed E-state index contributed by atoms with van der Waals surface area (Å²) in [5, 5.41) is 0.788. The number of rotatable bonds is 3. The zero-order valence-electron chi connectivity index (χ0n) is 10.7. The molecule has 0 radical (unpaired) electrons. The maximum Gasteiger partial charge on any atom is 0.355 e. The second-order valence-corrected chi connectivity index (χ2v) is 4.18. The van der Waals surface area contributed by atoms with Gasteiger partial charge in [0, 0.05) is 18.0 Å². The van der Waals surface area contributed by atoms with Gasteiger partial charge in [-0.05, 0) is 26.0 Å². The Bertz CT molecular complexity index is 625. The Balaban J connectivity index is 2.76. The SMILES string of the molecule is CCOC(=O)c1c(C=O)c2cc(C)ccc2n1C. The number of benzene rings is 1. The number of aromatic nitrogens is 1. The van der Waals surface area contributed by atoms with E-state index in [0.717, 1.165) is 16.5 Å². The third kappa shape index (κ3) is 1.79. The number of carbonyl (C=O) groups is 2. The Morgan fingerprint density at radius 3 is 2.78 bits per heavy atom. The number of carbonyl (C=O) groups excluding carboxylic acids is 2. The lowest BCUT2D eigenvalue weighted by Gasteiger charge is -2.04. The number of hydrogen-bond donors (Lipinski definition) is 0. The average Bonchev–Trinajstić information content (AvgIpc) is 2.61. The van der Waals surface area contributed by atoms with E-state index in [1.807, 2.05) is 25.1 Å². The first-order chi connectivity index (χ1) is 8.60. The van der Waals surface area contributed by atoms with Crippen LogP contribution in [0.15, 0.2) is 18.2 Å². The van der Waals surface area contributed by atoms with Crippen LogP contribution in [0.25, 0.3) is 10.9 Å². The van der Waals surface area contributed by atoms with Crippen molar-refractivity contribution in [2.45, 2.75) is 13.8 Å². The molecule has 18 heavy (non-hydrogen) atoms. The molecule has 4 nitrogen and oxygen atoms in total. The monoisotopic (exact) mass is 245 g/mol. The fraction of sp³-hybridized carbons (Fsp3) is 0.286. The van der Waals surface area contributed by atoms with E-state index >= 15 is 0 Å². The maximum absolute atomic E-state index is 11.9. The minimum absolute atomic E-state index is 0.289. The smallest absolute Gasteiger partial charge is 0.355 e. The van der Waals surface area contributed by atoms with Crippen LogP contribution in [0, 0.1) is 6.92 Å². The largest absolute Gasteiger partial charge is 0.461 e. The number of aldehydes is 1. The van der Waals surface area contributed by atoms with E-state index in [-0.39, 0.29) is 6.61 Å². The summed E-state index contributed by atoms with van der Waals surface area (Å²) in [6.45, 7) is 3.98. The van der Waals surface area contributed by atoms with Crippen molar-refractivity contribution in [1.29, 1.82) is 0 Å². The van der Waals surface area contributed by atoms with E-state index in [2.05, 4.69) is 0 Å². The summed E-state index contributed by atoms with van der Waals surface area (Å²) in [6, 6.07) is 5.76. The van der Waals surface area contributed by atoms with Crippen molar-refractivity contribution in [2.24, 2.45) is 7.05 Å². The lowest BCUT2D eigenvalue weighted by Crippen LogP contribution is -2.11. The molecule has 0 saturated heterocycles. The number of ether oxygens (including phenoxy) is 1. The highest BCUT2D eigenvalue weighted by molar-refractivity contribution is 6.08. The van der Waals surface area contributed by atoms with Gasteiger partial charge in [0.05, 0.1) is 12.2 Å². The lowest BCUT2D eigenvalue weighted by molar-refractivity contribution is 0.0513. The first-order valence-electron chi connectivity index (χ1n) is 5.81. The summed E-state index contributed by atoms with van der Waals surface area (Å²) in [5.74, 6) is -0.462. The minimum Gasteiger partial charge on any atom is -0.461 e. The predicted octanol–water partition coefficient (Wildman–Crippen LogP) is 2.48. The summed E-state index contributed by atoms with van der Waals surface area (Å²) in [7, 11) is 1.76. The van der Waals surface area contributed by atoms with E-state index in [9.17, 15) is 9.59 Å². The molecule has 0 N–H and O–H groups in total. The molecule has 0 aliphatic heterocycles. The molecule has 1 heterocycles. The number of nitrogens with zero attached hydrogens (tertiary/aromatic N) is 1. The number of fused-ring (bicyclic) bond motifs is 1. The molecule has 0 bridgehead atoms. The third-order valence-electron chi connectivity index (χ3n) is 2.98. The van der Waals surface area contributed by atoms with E-state index in [4.69, 9.17) is 4.74 Å². The van der Waals surface area contributed by atoms with Gasteiger partial charge in [-0.3, -0.25) is 4.79 Å². The van der Waals surface area contributed by atoms with Gasteiger partial charge >= 0.3 is 5.97 Å². The Kier molecular flexibility index (Phi) is 3.19. The predicted molar refractivity (Wildman–Crippen MR) is 69.0 cm³/mol. The van der Waals surface area contributed by atoms with Crippen molar-refractivity contribution in [2.75, 3.05) is 6.61 Å². The minimum atomic E-state index is -0.462. The van der Waals surface area contributed by atoms with Gasteiger partial charge in [0.1, 0.15) is 5.69 Å². The summed E-state index contributed by atoms with van der Waals surface area (Å²) in [4.78, 5) is 23.2. The molecular weight excluding hydrogens is 230 g/mol. The molecular formula is C14H15NO3. The fourth-order valence-electron chi connectivity index (χ4n) is 2.15. The number of esters is 1. The van der Waals surface area contributed by atoms with E-state index in [0.29, 0.717) is 17.5 Å². The van der Waals surface area contributed by atoms with Crippen molar-refractivity contribution in [1.82, 2.24) is 4.57 Å². The first kappa shape index (κ1) is 12.4. The maximum atomic E-state index is 11.9. The van der Waals surface area contributed by atoms with Crippen LogP contribution in [0.1, 0.15) is 33.3 Å². The van der Waals surface area contributed by atoms with Crippen molar-refractivity contribution in [3.63, 3.8) is 0 Å². The Morgan fingerprint density at radius 1 is 1.44 bits per heavy atom. The first-order valence-corrected chi connectivity index (χ1v) is 5.81. The Labute approximate surface area is 105 Å². The zero-order valence-corrected chi connectivity index (χ0v) is 10.7. The quantitative estimate of drug-likeness (QED) is 0.616. The van der Waals surface area contributed by atoms with Gasteiger partial charge in [0.2, 0.25) is 0 Å². The van der Waals surface area contributed by atoms with Crippen molar-refractivity contribution in [3.8, 4) is 0 Å². The van der Waals surface area contributed by atoms with Gasteiger partial charge in [-0.1, -0.05) is 11.6 Å². The molecule has 0 aliphatic carbocycles. The van der Waals surface area contributed by atoms with Gasteiger partial charge in [-0.15, -0.1) is 0 Å². The molecule has 0 atom stereocenters. The third-order valence-corrected chi connectivity index (χ3v) is 2.98. The van der Waals surface area contributed by atoms with E-state index < -0.39 is 5.97 Å². The standard InChI is InChI=1S/C14H15NO3/c1-4-18-14(17)13-11(8-16)10-7-9(2)5-6-12(10)15(13)3/h5-8H,4H2,1-3H3. The van der Waals surface area contributed by atoms with Crippen LogP contribution in [0.2, 0.25) is 0 Å². The number of hydrogen-bond acceptors (Lipinski definition) is 3. The molecule has 94 valence electrons. The summed E-state index contributed by atoms with van der Waals surface area (Å²) in [6.07, 6.45) is 0.716. The van der Waals surface area contributed by atoms with Crippen LogP contribution < -0.4 is 0 Å². The van der Waals surface area contributed by atoms with Gasteiger partial charge < -0.3 is 9.30 Å². The molecule has 0 amide bonds. The number of aryl methyl sites for hydroxylation is 2. The van der Waals surface area contributed by atoms with Crippen LogP contribution in [0.4, 0.5) is 0 Å². The molecule has 1 aromatic heterocycles. The molecule has 0 unspecified atom stereocenters. The van der Waals surface area contributed by atoms with E-state index in [1.165, 1.54) is 0 Å². The van der Waals surface area contributed by atoms with Crippen LogP contribution in [0.3, 0.4) is 0 Å². The van der Waals surface area contributed by atoms with Gasteiger partial charge in [0.15, 0.2) is 6.29 Å². The highest BCUT2D eigenvalue weighted by atomic mass is 16.5. The van der Waals surface area contributed by atoms with Crippen molar-refractivity contribution >= 4 is 23.2 Å². The highest BCUT2D eigenvalue weighted by Gasteiger charge is 2.21. The molecule has 2 rings (SSSR count). The molecule has 4 heteroatoms. The molecule has 0 saturated carbocycles. The highest BCUT2D eigenvalue weighted by Crippen LogP contribution is 2.25. The van der Waals surface area contributed by atoms with Crippen LogP contribution in [0.5, 0.6) is 0 Å². The second-order valence-electron chi connectivity index (χ2n) is 4.18. The molecule has 2 aromatic rings. The van der Waals surface area contributed by atoms with Crippen LogP contribution in [-0.2, 0) is 11.8 Å². The average molecular weight is 245 g/mol. The Morgan fingerprint density at radius 2 is 2.17 bits per heavy atom. The zero-order chi connectivity index (χ0) is 13.3. The van der Waals surface area contributed by atoms with Crippen LogP contribution >= 0.6 is 0 Å². The molecule has 1 aromatic carbocycles. The Hall–Kier alpha value is -2.10. The summed E-state index contributed by atoms with van der Waals surface area (Å²) in [5.41, 5.74) is 2.61.